The van der Waals surface area contributed by atoms with Crippen LogP contribution in [0.4, 0.5) is 38.0 Å². The van der Waals surface area contributed by atoms with Gasteiger partial charge in [-0.15, -0.1) is 5.10 Å². The van der Waals surface area contributed by atoms with E-state index in [1.807, 2.05) is 45.2 Å². The summed E-state index contributed by atoms with van der Waals surface area (Å²) in [6, 6.07) is 9.15. The molecule has 42 heavy (non-hydrogen) atoms. The molecule has 1 fully saturated rings. The van der Waals surface area contributed by atoms with Gasteiger partial charge in [0.05, 0.1) is 47.7 Å². The molecular weight excluding hydrogens is 560 g/mol. The monoisotopic (exact) mass is 591 g/mol. The summed E-state index contributed by atoms with van der Waals surface area (Å²) in [6.07, 6.45) is -5.66. The molecule has 224 valence electrons. The zero-order valence-electron chi connectivity index (χ0n) is 23.6. The lowest BCUT2D eigenvalue weighted by Crippen LogP contribution is -2.33. The van der Waals surface area contributed by atoms with Crippen molar-refractivity contribution in [3.8, 4) is 0 Å². The highest BCUT2D eigenvalue weighted by Crippen LogP contribution is 2.42. The topological polar surface area (TPSA) is 63.0 Å². The fraction of sp³-hybridized carbons (Fsp3) is 0.448. The van der Waals surface area contributed by atoms with Crippen LogP contribution >= 0.6 is 0 Å². The van der Waals surface area contributed by atoms with Crippen LogP contribution in [0.25, 0.3) is 10.9 Å². The summed E-state index contributed by atoms with van der Waals surface area (Å²) < 4.78 is 82.4. The number of nitrogens with zero attached hydrogens (tertiary/aromatic N) is 7. The fourth-order valence-corrected chi connectivity index (χ4v) is 5.77. The summed E-state index contributed by atoms with van der Waals surface area (Å²) in [4.78, 5) is 9.96. The van der Waals surface area contributed by atoms with E-state index in [2.05, 4.69) is 20.3 Å². The van der Waals surface area contributed by atoms with Crippen molar-refractivity contribution in [2.75, 3.05) is 11.9 Å². The molecule has 0 spiro atoms. The Labute approximate surface area is 239 Å². The molecule has 1 unspecified atom stereocenters. The molecule has 2 heterocycles. The van der Waals surface area contributed by atoms with E-state index in [4.69, 9.17) is 4.98 Å². The zero-order chi connectivity index (χ0) is 30.4. The Kier molecular flexibility index (Phi) is 7.90. The molecule has 2 aromatic carbocycles. The number of para-hydroxylation sites is 1. The van der Waals surface area contributed by atoms with Gasteiger partial charge in [0.1, 0.15) is 0 Å². The van der Waals surface area contributed by atoms with E-state index in [0.29, 0.717) is 17.4 Å². The Morgan fingerprint density at radius 1 is 0.976 bits per heavy atom. The standard InChI is InChI=1S/C29H31F6N7/c1-17-23-11-7-8-12-24(23)36-25(18(2)40(3)22-9-5-6-10-22)26(17)42(27-37-39-41(4)38-27)16-19-13-20(28(30,31)32)15-21(14-19)29(33,34)35/h7-8,11-15,18,22H,5-6,9-10,16H2,1-4H3. The van der Waals surface area contributed by atoms with Crippen LogP contribution in [-0.4, -0.2) is 43.2 Å². The van der Waals surface area contributed by atoms with Gasteiger partial charge in [-0.05, 0) is 74.3 Å². The van der Waals surface area contributed by atoms with Gasteiger partial charge in [-0.1, -0.05) is 36.1 Å². The number of alkyl halides is 6. The molecule has 0 bridgehead atoms. The van der Waals surface area contributed by atoms with E-state index in [-0.39, 0.29) is 30.2 Å². The molecular formula is C29H31F6N7. The lowest BCUT2D eigenvalue weighted by molar-refractivity contribution is -0.143. The van der Waals surface area contributed by atoms with Crippen molar-refractivity contribution in [3.63, 3.8) is 0 Å². The third kappa shape index (κ3) is 5.92. The van der Waals surface area contributed by atoms with Crippen LogP contribution in [0.15, 0.2) is 42.5 Å². The largest absolute Gasteiger partial charge is 0.416 e. The van der Waals surface area contributed by atoms with Gasteiger partial charge in [-0.3, -0.25) is 4.90 Å². The Balaban J connectivity index is 1.72. The molecule has 0 saturated heterocycles. The van der Waals surface area contributed by atoms with Crippen LogP contribution in [-0.2, 0) is 25.9 Å². The van der Waals surface area contributed by atoms with Gasteiger partial charge < -0.3 is 4.90 Å². The highest BCUT2D eigenvalue weighted by Gasteiger charge is 2.38. The predicted octanol–water partition coefficient (Wildman–Crippen LogP) is 7.38. The van der Waals surface area contributed by atoms with E-state index in [0.717, 1.165) is 54.3 Å². The van der Waals surface area contributed by atoms with E-state index in [1.54, 1.807) is 0 Å². The number of tetrazole rings is 1. The van der Waals surface area contributed by atoms with Crippen LogP contribution in [0.3, 0.4) is 0 Å². The van der Waals surface area contributed by atoms with Crippen molar-refractivity contribution in [2.45, 2.75) is 70.5 Å². The van der Waals surface area contributed by atoms with Crippen LogP contribution in [0, 0.1) is 6.92 Å². The molecule has 0 amide bonds. The molecule has 1 aliphatic carbocycles. The lowest BCUT2D eigenvalue weighted by Gasteiger charge is -2.34. The first-order valence-electron chi connectivity index (χ1n) is 13.6. The molecule has 13 heteroatoms. The minimum absolute atomic E-state index is 0.0284. The molecule has 1 aliphatic rings. The molecule has 5 rings (SSSR count). The summed E-state index contributed by atoms with van der Waals surface area (Å²) in [7, 11) is 3.55. The third-order valence-corrected chi connectivity index (χ3v) is 8.05. The number of pyridine rings is 1. The summed E-state index contributed by atoms with van der Waals surface area (Å²) in [5.74, 6) is 0.0284. The number of halogens is 6. The average molecular weight is 592 g/mol. The highest BCUT2D eigenvalue weighted by molar-refractivity contribution is 5.89. The molecule has 7 nitrogen and oxygen atoms in total. The van der Waals surface area contributed by atoms with Crippen molar-refractivity contribution in [1.82, 2.24) is 30.1 Å². The number of aryl methyl sites for hydroxylation is 2. The number of rotatable bonds is 7. The lowest BCUT2D eigenvalue weighted by atomic mass is 9.99. The average Bonchev–Trinajstić information content (AvgIpc) is 3.62. The van der Waals surface area contributed by atoms with Crippen LogP contribution in [0.2, 0.25) is 0 Å². The van der Waals surface area contributed by atoms with Gasteiger partial charge in [0, 0.05) is 11.4 Å². The SMILES string of the molecule is Cc1c(N(Cc2cc(C(F)(F)F)cc(C(F)(F)F)c2)c2nnn(C)n2)c(C(C)N(C)C2CCCC2)nc2ccccc12. The second kappa shape index (κ2) is 11.2. The van der Waals surface area contributed by atoms with Crippen molar-refractivity contribution in [3.05, 3.63) is 70.4 Å². The summed E-state index contributed by atoms with van der Waals surface area (Å²) in [5, 5.41) is 13.1. The summed E-state index contributed by atoms with van der Waals surface area (Å²) in [6.45, 7) is 3.49. The van der Waals surface area contributed by atoms with Gasteiger partial charge in [0.25, 0.3) is 5.95 Å². The first kappa shape index (κ1) is 29.7. The first-order valence-corrected chi connectivity index (χ1v) is 13.6. The van der Waals surface area contributed by atoms with Gasteiger partial charge in [0.15, 0.2) is 0 Å². The normalized spacial score (nSPS) is 15.6. The summed E-state index contributed by atoms with van der Waals surface area (Å²) in [5.41, 5.74) is -0.366. The molecule has 0 N–H and O–H groups in total. The Morgan fingerprint density at radius 2 is 1.60 bits per heavy atom. The summed E-state index contributed by atoms with van der Waals surface area (Å²) >= 11 is 0. The van der Waals surface area contributed by atoms with Gasteiger partial charge in [0.2, 0.25) is 0 Å². The van der Waals surface area contributed by atoms with E-state index in [1.165, 1.54) is 16.7 Å². The van der Waals surface area contributed by atoms with Crippen LogP contribution in [0.5, 0.6) is 0 Å². The number of fused-ring (bicyclic) bond motifs is 1. The van der Waals surface area contributed by atoms with Crippen LogP contribution < -0.4 is 4.90 Å². The quantitative estimate of drug-likeness (QED) is 0.209. The van der Waals surface area contributed by atoms with Crippen molar-refractivity contribution >= 4 is 22.5 Å². The minimum Gasteiger partial charge on any atom is -0.301 e. The Morgan fingerprint density at radius 3 is 2.17 bits per heavy atom. The maximum absolute atomic E-state index is 13.7. The second-order valence-electron chi connectivity index (χ2n) is 10.8. The minimum atomic E-state index is -4.98. The fourth-order valence-electron chi connectivity index (χ4n) is 5.77. The zero-order valence-corrected chi connectivity index (χ0v) is 23.6. The molecule has 4 aromatic rings. The third-order valence-electron chi connectivity index (χ3n) is 8.05. The number of anilines is 2. The number of aromatic nitrogens is 5. The molecule has 0 aliphatic heterocycles. The van der Waals surface area contributed by atoms with Gasteiger partial charge >= 0.3 is 12.4 Å². The van der Waals surface area contributed by atoms with Crippen LogP contribution in [0.1, 0.15) is 66.6 Å². The van der Waals surface area contributed by atoms with E-state index >= 15 is 0 Å². The Bertz CT molecular complexity index is 1540. The van der Waals surface area contributed by atoms with Crippen molar-refractivity contribution in [1.29, 1.82) is 0 Å². The molecule has 0 radical (unpaired) electrons. The van der Waals surface area contributed by atoms with Gasteiger partial charge in [-0.25, -0.2) is 4.98 Å². The number of benzene rings is 2. The predicted molar refractivity (Wildman–Crippen MR) is 146 cm³/mol. The van der Waals surface area contributed by atoms with E-state index in [9.17, 15) is 26.3 Å². The van der Waals surface area contributed by atoms with Crippen molar-refractivity contribution in [2.24, 2.45) is 7.05 Å². The molecule has 2 aromatic heterocycles. The maximum atomic E-state index is 13.7. The van der Waals surface area contributed by atoms with E-state index < -0.39 is 23.5 Å². The Hall–Kier alpha value is -3.74. The highest BCUT2D eigenvalue weighted by atomic mass is 19.4. The number of hydrogen-bond donors (Lipinski definition) is 0. The first-order chi connectivity index (χ1) is 19.7. The number of hydrogen-bond acceptors (Lipinski definition) is 6. The maximum Gasteiger partial charge on any atom is 0.416 e. The molecule has 1 saturated carbocycles. The second-order valence-corrected chi connectivity index (χ2v) is 10.8. The van der Waals surface area contributed by atoms with Gasteiger partial charge in [-0.2, -0.15) is 31.1 Å². The molecule has 1 atom stereocenters. The van der Waals surface area contributed by atoms with Crippen molar-refractivity contribution < 1.29 is 26.3 Å². The smallest absolute Gasteiger partial charge is 0.301 e.